The molecule has 2 N–H and O–H groups in total. The molecular formula is C31H40FN4O4-. The summed E-state index contributed by atoms with van der Waals surface area (Å²) >= 11 is 0. The van der Waals surface area contributed by atoms with E-state index in [1.165, 1.54) is 17.0 Å². The van der Waals surface area contributed by atoms with Crippen molar-refractivity contribution >= 4 is 17.7 Å². The molecule has 2 aliphatic rings. The van der Waals surface area contributed by atoms with Gasteiger partial charge >= 0.3 is 0 Å². The van der Waals surface area contributed by atoms with Crippen LogP contribution in [0.15, 0.2) is 53.5 Å². The molecule has 1 saturated carbocycles. The topological polar surface area (TPSA) is 106 Å². The standard InChI is InChI=1S/C31H41FN4O4/c1-19-15-24-7-5-6-8-27(24)40-20(2)18-33-28(23-11-12-23)31(39)36(4)21(3)29(37)35-26(30(38)34-17-19)16-22-9-13-25(32)14-10-22/h5-10,13-14,19-21,23,26,28,33H,11-12,15-18H2,1-4H3,(H,34,38)(H,35,37)/p-1/t19-,20+,21+,26?,28-/m0/s1. The zero-order valence-electron chi connectivity index (χ0n) is 23.7. The highest BCUT2D eigenvalue weighted by atomic mass is 19.1. The average Bonchev–Trinajstić information content (AvgIpc) is 3.77. The van der Waals surface area contributed by atoms with Crippen molar-refractivity contribution in [1.82, 2.24) is 15.5 Å². The van der Waals surface area contributed by atoms with Crippen molar-refractivity contribution in [2.75, 3.05) is 20.1 Å². The molecule has 2 aromatic rings. The van der Waals surface area contributed by atoms with Crippen LogP contribution in [0.25, 0.3) is 0 Å². The second kappa shape index (κ2) is 13.3. The molecule has 5 atom stereocenters. The van der Waals surface area contributed by atoms with E-state index in [0.29, 0.717) is 25.1 Å². The number of nitrogens with one attached hydrogen (secondary N) is 2. The van der Waals surface area contributed by atoms with Crippen LogP contribution in [0.3, 0.4) is 0 Å². The smallest absolute Gasteiger partial charge is 0.245 e. The number of benzene rings is 2. The van der Waals surface area contributed by atoms with E-state index in [4.69, 9.17) is 4.74 Å². The monoisotopic (exact) mass is 551 g/mol. The Labute approximate surface area is 236 Å². The molecule has 40 heavy (non-hydrogen) atoms. The number of rotatable bonds is 3. The highest BCUT2D eigenvalue weighted by Crippen LogP contribution is 2.33. The summed E-state index contributed by atoms with van der Waals surface area (Å²) in [6, 6.07) is 11.4. The summed E-state index contributed by atoms with van der Waals surface area (Å²) in [4.78, 5) is 32.5. The first kappa shape index (κ1) is 29.5. The van der Waals surface area contributed by atoms with Gasteiger partial charge in [0.2, 0.25) is 11.8 Å². The number of fused-ring (bicyclic) bond motifs is 1. The Balaban J connectivity index is 1.63. The number of likely N-dealkylation sites (N-methyl/N-ethyl adjacent to an activating group) is 1. The van der Waals surface area contributed by atoms with Gasteiger partial charge in [-0.15, -0.1) is 0 Å². The van der Waals surface area contributed by atoms with E-state index < -0.39 is 24.0 Å². The van der Waals surface area contributed by atoms with Crippen molar-refractivity contribution in [3.8, 4) is 5.75 Å². The maximum Gasteiger partial charge on any atom is 0.245 e. The van der Waals surface area contributed by atoms with Crippen molar-refractivity contribution in [1.29, 1.82) is 0 Å². The molecule has 1 aliphatic carbocycles. The third-order valence-electron chi connectivity index (χ3n) is 7.69. The molecule has 0 bridgehead atoms. The average molecular weight is 552 g/mol. The zero-order valence-corrected chi connectivity index (χ0v) is 23.7. The Morgan fingerprint density at radius 1 is 1.05 bits per heavy atom. The lowest BCUT2D eigenvalue weighted by molar-refractivity contribution is -0.224. The minimum Gasteiger partial charge on any atom is -0.861 e. The van der Waals surface area contributed by atoms with E-state index in [9.17, 15) is 19.1 Å². The molecule has 0 aromatic heterocycles. The van der Waals surface area contributed by atoms with Gasteiger partial charge in [0.25, 0.3) is 0 Å². The SMILES string of the molecule is C[C@@H]1CNC(=O)C(Cc2ccc(F)cc2)N=C([O-])[C@@H](C)N(C)C(=O)[C@H](C2CC2)NC[C@@H](C)Oc2ccccc2C1. The normalized spacial score (nSPS) is 27.5. The highest BCUT2D eigenvalue weighted by molar-refractivity contribution is 5.90. The molecule has 1 unspecified atom stereocenters. The Hall–Kier alpha value is -3.46. The van der Waals surface area contributed by atoms with Crippen molar-refractivity contribution in [3.05, 3.63) is 65.5 Å². The van der Waals surface area contributed by atoms with Gasteiger partial charge in [-0.1, -0.05) is 37.3 Å². The van der Waals surface area contributed by atoms with Crippen LogP contribution in [0, 0.1) is 17.7 Å². The first-order chi connectivity index (χ1) is 19.1. The summed E-state index contributed by atoms with van der Waals surface area (Å²) in [5.74, 6) is -0.422. The molecule has 0 spiro atoms. The molecule has 4 rings (SSSR count). The minimum atomic E-state index is -1.01. The van der Waals surface area contributed by atoms with Crippen LogP contribution in [0.5, 0.6) is 5.75 Å². The third-order valence-corrected chi connectivity index (χ3v) is 7.69. The minimum absolute atomic E-state index is 0.0881. The zero-order chi connectivity index (χ0) is 28.8. The van der Waals surface area contributed by atoms with Gasteiger partial charge in [0, 0.05) is 26.6 Å². The fourth-order valence-corrected chi connectivity index (χ4v) is 4.94. The van der Waals surface area contributed by atoms with Crippen LogP contribution in [-0.4, -0.2) is 67.0 Å². The lowest BCUT2D eigenvalue weighted by Gasteiger charge is -2.33. The van der Waals surface area contributed by atoms with Gasteiger partial charge in [-0.3, -0.25) is 14.6 Å². The third kappa shape index (κ3) is 7.81. The maximum absolute atomic E-state index is 13.5. The highest BCUT2D eigenvalue weighted by Gasteiger charge is 2.38. The van der Waals surface area contributed by atoms with E-state index in [0.717, 1.165) is 24.2 Å². The molecule has 216 valence electrons. The predicted molar refractivity (Wildman–Crippen MR) is 150 cm³/mol. The number of carbonyl (C=O) groups is 2. The molecule has 0 radical (unpaired) electrons. The van der Waals surface area contributed by atoms with Crippen molar-refractivity contribution in [2.24, 2.45) is 16.8 Å². The molecule has 1 fully saturated rings. The summed E-state index contributed by atoms with van der Waals surface area (Å²) in [5.41, 5.74) is 1.71. The number of aliphatic imine (C=N–C) groups is 1. The van der Waals surface area contributed by atoms with Crippen molar-refractivity contribution in [3.63, 3.8) is 0 Å². The van der Waals surface area contributed by atoms with Crippen LogP contribution in [0.4, 0.5) is 4.39 Å². The lowest BCUT2D eigenvalue weighted by atomic mass is 9.99. The van der Waals surface area contributed by atoms with E-state index in [2.05, 4.69) is 15.6 Å². The first-order valence-corrected chi connectivity index (χ1v) is 14.1. The fraction of sp³-hybridized carbons (Fsp3) is 0.516. The summed E-state index contributed by atoms with van der Waals surface area (Å²) < 4.78 is 19.8. The van der Waals surface area contributed by atoms with Crippen molar-refractivity contribution in [2.45, 2.75) is 70.7 Å². The molecular weight excluding hydrogens is 511 g/mol. The number of ether oxygens (including phenoxy) is 1. The van der Waals surface area contributed by atoms with E-state index in [-0.39, 0.29) is 42.0 Å². The van der Waals surface area contributed by atoms with Crippen LogP contribution < -0.4 is 20.5 Å². The maximum atomic E-state index is 13.5. The van der Waals surface area contributed by atoms with Gasteiger partial charge in [0.05, 0.1) is 12.1 Å². The summed E-state index contributed by atoms with van der Waals surface area (Å²) in [7, 11) is 1.60. The second-order valence-electron chi connectivity index (χ2n) is 11.3. The Kier molecular flexibility index (Phi) is 9.79. The van der Waals surface area contributed by atoms with Gasteiger partial charge in [-0.05, 0) is 80.2 Å². The van der Waals surface area contributed by atoms with E-state index in [1.54, 1.807) is 26.1 Å². The Morgan fingerprint density at radius 2 is 1.75 bits per heavy atom. The van der Waals surface area contributed by atoms with Crippen molar-refractivity contribution < 1.29 is 23.8 Å². The summed E-state index contributed by atoms with van der Waals surface area (Å²) in [6.45, 7) is 6.50. The van der Waals surface area contributed by atoms with Gasteiger partial charge in [-0.25, -0.2) is 4.39 Å². The molecule has 1 heterocycles. The molecule has 2 amide bonds. The number of amides is 2. The molecule has 0 saturated heterocycles. The Bertz CT molecular complexity index is 1200. The number of hydrogen-bond acceptors (Lipinski definition) is 6. The van der Waals surface area contributed by atoms with Crippen LogP contribution in [-0.2, 0) is 22.4 Å². The van der Waals surface area contributed by atoms with Gasteiger partial charge in [0.15, 0.2) is 0 Å². The van der Waals surface area contributed by atoms with Gasteiger partial charge < -0.3 is 25.4 Å². The lowest BCUT2D eigenvalue weighted by Crippen LogP contribution is -2.54. The Morgan fingerprint density at radius 3 is 2.45 bits per heavy atom. The quantitative estimate of drug-likeness (QED) is 0.610. The van der Waals surface area contributed by atoms with Gasteiger partial charge in [0.1, 0.15) is 23.7 Å². The summed E-state index contributed by atoms with van der Waals surface area (Å²) in [5, 5.41) is 19.6. The molecule has 9 heteroatoms. The number of carbonyl (C=O) groups excluding carboxylic acids is 2. The fourth-order valence-electron chi connectivity index (χ4n) is 4.94. The molecule has 2 aromatic carbocycles. The molecule has 8 nitrogen and oxygen atoms in total. The van der Waals surface area contributed by atoms with Crippen LogP contribution in [0.2, 0.25) is 0 Å². The molecule has 1 aliphatic heterocycles. The number of halogens is 1. The van der Waals surface area contributed by atoms with Gasteiger partial charge in [-0.2, -0.15) is 0 Å². The number of para-hydroxylation sites is 1. The van der Waals surface area contributed by atoms with Crippen LogP contribution in [0.1, 0.15) is 44.7 Å². The van der Waals surface area contributed by atoms with Crippen LogP contribution >= 0.6 is 0 Å². The number of nitrogens with zero attached hydrogens (tertiary/aromatic N) is 2. The first-order valence-electron chi connectivity index (χ1n) is 14.1. The second-order valence-corrected chi connectivity index (χ2v) is 11.3. The van der Waals surface area contributed by atoms with E-state index >= 15 is 0 Å². The largest absolute Gasteiger partial charge is 0.861 e. The summed E-state index contributed by atoms with van der Waals surface area (Å²) in [6.07, 6.45) is 2.52. The number of hydrogen-bond donors (Lipinski definition) is 2. The predicted octanol–water partition coefficient (Wildman–Crippen LogP) is 2.49. The van der Waals surface area contributed by atoms with E-state index in [1.807, 2.05) is 38.1 Å².